The highest BCUT2D eigenvalue weighted by Crippen LogP contribution is 2.18. The van der Waals surface area contributed by atoms with Gasteiger partial charge in [-0.3, -0.25) is 0 Å². The third-order valence-corrected chi connectivity index (χ3v) is 5.47. The highest BCUT2D eigenvalue weighted by atomic mass is 35.5. The average Bonchev–Trinajstić information content (AvgIpc) is 2.54. The molecule has 0 amide bonds. The number of hydrogen-bond donors (Lipinski definition) is 2. The maximum absolute atomic E-state index is 12.4. The normalized spacial score (nSPS) is 12.8. The van der Waals surface area contributed by atoms with Crippen LogP contribution in [0.2, 0.25) is 0 Å². The Balaban J connectivity index is 2.04. The van der Waals surface area contributed by atoms with Crippen molar-refractivity contribution in [3.05, 3.63) is 59.7 Å². The molecule has 4 nitrogen and oxygen atoms in total. The Morgan fingerprint density at radius 3 is 2.26 bits per heavy atom. The first kappa shape index (κ1) is 17.8. The van der Waals surface area contributed by atoms with Gasteiger partial charge < -0.3 is 10.4 Å². The molecule has 0 radical (unpaired) electrons. The van der Waals surface area contributed by atoms with E-state index in [9.17, 15) is 13.5 Å². The summed E-state index contributed by atoms with van der Waals surface area (Å²) in [5, 5.41) is 12.4. The topological polar surface area (TPSA) is 66.4 Å². The number of benzene rings is 2. The molecule has 2 aromatic rings. The van der Waals surface area contributed by atoms with E-state index < -0.39 is 15.9 Å². The Morgan fingerprint density at radius 1 is 1.09 bits per heavy atom. The minimum Gasteiger partial charge on any atom is -0.390 e. The predicted molar refractivity (Wildman–Crippen MR) is 93.7 cm³/mol. The summed E-state index contributed by atoms with van der Waals surface area (Å²) >= 11 is 5.53. The lowest BCUT2D eigenvalue weighted by Gasteiger charge is -2.11. The van der Waals surface area contributed by atoms with Crippen molar-refractivity contribution in [3.63, 3.8) is 0 Å². The summed E-state index contributed by atoms with van der Waals surface area (Å²) < 4.78 is 24.8. The number of sulfone groups is 1. The minimum atomic E-state index is -3.35. The van der Waals surface area contributed by atoms with Gasteiger partial charge in [-0.05, 0) is 36.8 Å². The number of hydrogen-bond acceptors (Lipinski definition) is 4. The van der Waals surface area contributed by atoms with Gasteiger partial charge in [-0.15, -0.1) is 11.6 Å². The summed E-state index contributed by atoms with van der Waals surface area (Å²) in [4.78, 5) is 0.329. The molecule has 0 saturated carbocycles. The zero-order valence-corrected chi connectivity index (χ0v) is 14.4. The Hall–Kier alpha value is -1.56. The van der Waals surface area contributed by atoms with Gasteiger partial charge >= 0.3 is 0 Å². The smallest absolute Gasteiger partial charge is 0.182 e. The molecule has 0 saturated heterocycles. The molecule has 0 aliphatic rings. The van der Waals surface area contributed by atoms with E-state index in [1.165, 1.54) is 0 Å². The Labute approximate surface area is 142 Å². The highest BCUT2D eigenvalue weighted by Gasteiger charge is 2.15. The van der Waals surface area contributed by atoms with Gasteiger partial charge in [-0.1, -0.05) is 29.8 Å². The Bertz CT molecular complexity index is 727. The monoisotopic (exact) mass is 353 g/mol. The van der Waals surface area contributed by atoms with Crippen LogP contribution >= 0.6 is 11.6 Å². The second-order valence-corrected chi connectivity index (χ2v) is 7.76. The molecule has 6 heteroatoms. The van der Waals surface area contributed by atoms with Crippen LogP contribution in [0, 0.1) is 6.92 Å². The summed E-state index contributed by atoms with van der Waals surface area (Å²) in [6, 6.07) is 14.0. The number of halogens is 1. The van der Waals surface area contributed by atoms with Gasteiger partial charge in [0.25, 0.3) is 0 Å². The van der Waals surface area contributed by atoms with Gasteiger partial charge in [0.2, 0.25) is 0 Å². The maximum atomic E-state index is 12.4. The van der Waals surface area contributed by atoms with Gasteiger partial charge in [0.1, 0.15) is 0 Å². The summed E-state index contributed by atoms with van der Waals surface area (Å²) in [5.41, 5.74) is 2.55. The fourth-order valence-electron chi connectivity index (χ4n) is 2.06. The first-order chi connectivity index (χ1) is 10.9. The van der Waals surface area contributed by atoms with Crippen LogP contribution in [0.4, 0.5) is 5.69 Å². The highest BCUT2D eigenvalue weighted by molar-refractivity contribution is 7.90. The number of aryl methyl sites for hydroxylation is 1. The van der Waals surface area contributed by atoms with Crippen LogP contribution in [0.3, 0.4) is 0 Å². The summed E-state index contributed by atoms with van der Waals surface area (Å²) in [5.74, 6) is 0.126. The molecule has 2 aromatic carbocycles. The van der Waals surface area contributed by atoms with Crippen LogP contribution < -0.4 is 5.32 Å². The summed E-state index contributed by atoms with van der Waals surface area (Å²) in [7, 11) is -3.35. The van der Waals surface area contributed by atoms with Crippen molar-refractivity contribution in [2.24, 2.45) is 0 Å². The minimum absolute atomic E-state index is 0.0410. The molecular formula is C17H20ClNO3S. The van der Waals surface area contributed by atoms with Gasteiger partial charge in [0, 0.05) is 12.2 Å². The van der Waals surface area contributed by atoms with Crippen molar-refractivity contribution in [2.45, 2.75) is 23.7 Å². The standard InChI is InChI=1S/C17H20ClNO3S/c1-13-2-8-17(9-3-13)23(21,22)12-14-4-6-15(7-5-14)19-11-16(20)10-18/h2-9,16,19-20H,10-12H2,1H3. The van der Waals surface area contributed by atoms with Crippen molar-refractivity contribution in [1.82, 2.24) is 0 Å². The van der Waals surface area contributed by atoms with E-state index in [0.29, 0.717) is 17.0 Å². The number of anilines is 1. The third kappa shape index (κ3) is 5.23. The van der Waals surface area contributed by atoms with E-state index in [2.05, 4.69) is 5.32 Å². The van der Waals surface area contributed by atoms with Crippen molar-refractivity contribution in [2.75, 3.05) is 17.7 Å². The second-order valence-electron chi connectivity index (χ2n) is 5.46. The molecule has 0 aromatic heterocycles. The third-order valence-electron chi connectivity index (χ3n) is 3.41. The van der Waals surface area contributed by atoms with Crippen LogP contribution in [0.1, 0.15) is 11.1 Å². The molecule has 2 rings (SSSR count). The number of nitrogens with one attached hydrogen (secondary N) is 1. The number of aliphatic hydroxyl groups excluding tert-OH is 1. The molecule has 23 heavy (non-hydrogen) atoms. The van der Waals surface area contributed by atoms with Crippen LogP contribution in [-0.2, 0) is 15.6 Å². The van der Waals surface area contributed by atoms with E-state index in [-0.39, 0.29) is 11.6 Å². The zero-order chi connectivity index (χ0) is 16.9. The number of alkyl halides is 1. The van der Waals surface area contributed by atoms with Crippen molar-refractivity contribution in [1.29, 1.82) is 0 Å². The van der Waals surface area contributed by atoms with Crippen molar-refractivity contribution in [3.8, 4) is 0 Å². The molecule has 124 valence electrons. The van der Waals surface area contributed by atoms with Gasteiger partial charge in [0.05, 0.1) is 22.6 Å². The van der Waals surface area contributed by atoms with E-state index >= 15 is 0 Å². The van der Waals surface area contributed by atoms with Crippen LogP contribution in [0.5, 0.6) is 0 Å². The van der Waals surface area contributed by atoms with E-state index in [0.717, 1.165) is 11.3 Å². The maximum Gasteiger partial charge on any atom is 0.182 e. The lowest BCUT2D eigenvalue weighted by Crippen LogP contribution is -2.20. The molecule has 1 unspecified atom stereocenters. The van der Waals surface area contributed by atoms with Crippen LogP contribution in [-0.4, -0.2) is 32.1 Å². The summed E-state index contributed by atoms with van der Waals surface area (Å²) in [6.45, 7) is 2.27. The summed E-state index contributed by atoms with van der Waals surface area (Å²) in [6.07, 6.45) is -0.613. The Morgan fingerprint density at radius 2 is 1.70 bits per heavy atom. The lowest BCUT2D eigenvalue weighted by molar-refractivity contribution is 0.211. The quantitative estimate of drug-likeness (QED) is 0.751. The SMILES string of the molecule is Cc1ccc(S(=O)(=O)Cc2ccc(NCC(O)CCl)cc2)cc1. The van der Waals surface area contributed by atoms with E-state index in [1.807, 2.05) is 6.92 Å². The van der Waals surface area contributed by atoms with Crippen LogP contribution in [0.15, 0.2) is 53.4 Å². The first-order valence-corrected chi connectivity index (χ1v) is 9.45. The fraction of sp³-hybridized carbons (Fsp3) is 0.294. The molecule has 0 spiro atoms. The molecule has 0 aliphatic carbocycles. The first-order valence-electron chi connectivity index (χ1n) is 7.27. The molecule has 0 fully saturated rings. The lowest BCUT2D eigenvalue weighted by atomic mass is 10.2. The average molecular weight is 354 g/mol. The Kier molecular flexibility index (Phi) is 6.04. The van der Waals surface area contributed by atoms with Crippen molar-refractivity contribution >= 4 is 27.1 Å². The van der Waals surface area contributed by atoms with Gasteiger partial charge in [-0.25, -0.2) is 8.42 Å². The van der Waals surface area contributed by atoms with E-state index in [1.54, 1.807) is 48.5 Å². The van der Waals surface area contributed by atoms with Gasteiger partial charge in [-0.2, -0.15) is 0 Å². The van der Waals surface area contributed by atoms with Crippen LogP contribution in [0.25, 0.3) is 0 Å². The van der Waals surface area contributed by atoms with Gasteiger partial charge in [0.15, 0.2) is 9.84 Å². The molecule has 1 atom stereocenters. The predicted octanol–water partition coefficient (Wildman–Crippen LogP) is 2.98. The second kappa shape index (κ2) is 7.81. The molecular weight excluding hydrogens is 334 g/mol. The largest absolute Gasteiger partial charge is 0.390 e. The molecule has 0 aliphatic heterocycles. The molecule has 2 N–H and O–H groups in total. The number of rotatable bonds is 7. The number of aliphatic hydroxyl groups is 1. The molecule has 0 bridgehead atoms. The van der Waals surface area contributed by atoms with E-state index in [4.69, 9.17) is 11.6 Å². The zero-order valence-electron chi connectivity index (χ0n) is 12.9. The van der Waals surface area contributed by atoms with Crippen molar-refractivity contribution < 1.29 is 13.5 Å². The molecule has 0 heterocycles. The fourth-order valence-corrected chi connectivity index (χ4v) is 3.52.